The quantitative estimate of drug-likeness (QED) is 0.280. The Morgan fingerprint density at radius 1 is 1.06 bits per heavy atom. The summed E-state index contributed by atoms with van der Waals surface area (Å²) >= 11 is 12.8. The smallest absolute Gasteiger partial charge is 0.337 e. The Hall–Kier alpha value is -3.27. The number of methoxy groups -OCH3 is 1. The van der Waals surface area contributed by atoms with Crippen molar-refractivity contribution in [2.24, 2.45) is 5.16 Å². The van der Waals surface area contributed by atoms with Gasteiger partial charge in [-0.25, -0.2) is 13.6 Å². The van der Waals surface area contributed by atoms with Crippen LogP contribution >= 0.6 is 23.2 Å². The van der Waals surface area contributed by atoms with E-state index in [-0.39, 0.29) is 38.7 Å². The van der Waals surface area contributed by atoms with Gasteiger partial charge >= 0.3 is 5.97 Å². The van der Waals surface area contributed by atoms with Crippen molar-refractivity contribution in [1.82, 2.24) is 9.88 Å². The Kier molecular flexibility index (Phi) is 8.03. The molecule has 1 aliphatic rings. The second kappa shape index (κ2) is 11.2. The molecule has 36 heavy (non-hydrogen) atoms. The SMILES string of the molecule is COC(=O)c1cc(Cl)c(-n2cc(C(=NOC3CCNCC3)c3ccc(F)cc3F)ccc2=O)c(Cl)c1. The second-order valence-corrected chi connectivity index (χ2v) is 8.84. The summed E-state index contributed by atoms with van der Waals surface area (Å²) < 4.78 is 34.2. The lowest BCUT2D eigenvalue weighted by Gasteiger charge is -2.21. The number of rotatable bonds is 6. The number of hydrogen-bond donors (Lipinski definition) is 1. The molecule has 1 saturated heterocycles. The van der Waals surface area contributed by atoms with Crippen LogP contribution in [0, 0.1) is 11.6 Å². The van der Waals surface area contributed by atoms with Crippen molar-refractivity contribution in [3.05, 3.63) is 97.4 Å². The summed E-state index contributed by atoms with van der Waals surface area (Å²) in [5, 5.41) is 7.46. The number of carbonyl (C=O) groups is 1. The topological polar surface area (TPSA) is 81.9 Å². The van der Waals surface area contributed by atoms with E-state index >= 15 is 0 Å². The highest BCUT2D eigenvalue weighted by Gasteiger charge is 2.21. The van der Waals surface area contributed by atoms with Gasteiger partial charge in [0.1, 0.15) is 23.5 Å². The van der Waals surface area contributed by atoms with Gasteiger partial charge in [-0.3, -0.25) is 9.36 Å². The van der Waals surface area contributed by atoms with Crippen molar-refractivity contribution in [3.63, 3.8) is 0 Å². The molecule has 1 N–H and O–H groups in total. The summed E-state index contributed by atoms with van der Waals surface area (Å²) in [4.78, 5) is 30.4. The lowest BCUT2D eigenvalue weighted by atomic mass is 10.0. The Labute approximate surface area is 215 Å². The second-order valence-electron chi connectivity index (χ2n) is 8.02. The van der Waals surface area contributed by atoms with E-state index in [1.54, 1.807) is 0 Å². The molecule has 2 heterocycles. The van der Waals surface area contributed by atoms with Crippen LogP contribution in [0.25, 0.3) is 5.69 Å². The molecular formula is C25H21Cl2F2N3O4. The van der Waals surface area contributed by atoms with Crippen LogP contribution in [0.1, 0.15) is 34.3 Å². The van der Waals surface area contributed by atoms with Crippen LogP contribution in [0.3, 0.4) is 0 Å². The monoisotopic (exact) mass is 535 g/mol. The molecule has 1 fully saturated rings. The molecule has 0 radical (unpaired) electrons. The molecule has 0 bridgehead atoms. The van der Waals surface area contributed by atoms with Crippen molar-refractivity contribution >= 4 is 34.9 Å². The van der Waals surface area contributed by atoms with Crippen LogP contribution in [-0.4, -0.2) is 42.6 Å². The maximum absolute atomic E-state index is 14.8. The van der Waals surface area contributed by atoms with E-state index in [1.165, 1.54) is 43.6 Å². The molecule has 0 aliphatic carbocycles. The van der Waals surface area contributed by atoms with E-state index < -0.39 is 23.2 Å². The summed E-state index contributed by atoms with van der Waals surface area (Å²) in [6, 6.07) is 8.41. The highest BCUT2D eigenvalue weighted by atomic mass is 35.5. The predicted molar refractivity (Wildman–Crippen MR) is 132 cm³/mol. The van der Waals surface area contributed by atoms with Gasteiger partial charge in [-0.05, 0) is 56.3 Å². The standard InChI is InChI=1S/C25H21Cl2F2N3O4/c1-35-25(34)15-10-19(26)24(20(27)11-15)32-13-14(2-5-22(32)33)23(18-4-3-16(28)12-21(18)29)31-36-17-6-8-30-9-7-17/h2-5,10-13,17,30H,6-9H2,1H3. The number of nitrogens with zero attached hydrogens (tertiary/aromatic N) is 2. The zero-order chi connectivity index (χ0) is 25.8. The van der Waals surface area contributed by atoms with E-state index in [1.807, 2.05) is 0 Å². The highest BCUT2D eigenvalue weighted by Crippen LogP contribution is 2.30. The minimum Gasteiger partial charge on any atom is -0.465 e. The molecule has 3 aromatic rings. The number of carbonyl (C=O) groups excluding carboxylic acids is 1. The van der Waals surface area contributed by atoms with Gasteiger partial charge in [0.25, 0.3) is 5.56 Å². The molecule has 0 spiro atoms. The van der Waals surface area contributed by atoms with Crippen molar-refractivity contribution in [3.8, 4) is 5.69 Å². The number of hydrogen-bond acceptors (Lipinski definition) is 6. The van der Waals surface area contributed by atoms with Crippen molar-refractivity contribution in [2.45, 2.75) is 18.9 Å². The molecule has 1 aromatic heterocycles. The molecule has 1 aliphatic heterocycles. The highest BCUT2D eigenvalue weighted by molar-refractivity contribution is 6.38. The van der Waals surface area contributed by atoms with Gasteiger partial charge in [-0.1, -0.05) is 28.4 Å². The number of halogens is 4. The Bertz CT molecular complexity index is 1360. The maximum Gasteiger partial charge on any atom is 0.337 e. The van der Waals surface area contributed by atoms with Gasteiger partial charge in [0.05, 0.1) is 28.4 Å². The van der Waals surface area contributed by atoms with Crippen molar-refractivity contribution < 1.29 is 23.1 Å². The first kappa shape index (κ1) is 25.8. The summed E-state index contributed by atoms with van der Waals surface area (Å²) in [6.45, 7) is 1.51. The molecule has 0 amide bonds. The van der Waals surface area contributed by atoms with Gasteiger partial charge in [0.15, 0.2) is 0 Å². The van der Waals surface area contributed by atoms with Gasteiger partial charge in [0.2, 0.25) is 0 Å². The van der Waals surface area contributed by atoms with Crippen LogP contribution in [0.4, 0.5) is 8.78 Å². The summed E-state index contributed by atoms with van der Waals surface area (Å²) in [5.41, 5.74) is 0.0410. The molecule has 11 heteroatoms. The Balaban J connectivity index is 1.83. The number of ether oxygens (including phenoxy) is 1. The largest absolute Gasteiger partial charge is 0.465 e. The number of esters is 1. The summed E-state index contributed by atoms with van der Waals surface area (Å²) in [6.07, 6.45) is 2.60. The van der Waals surface area contributed by atoms with Crippen molar-refractivity contribution in [2.75, 3.05) is 20.2 Å². The lowest BCUT2D eigenvalue weighted by Crippen LogP contribution is -2.31. The number of benzene rings is 2. The number of pyridine rings is 1. The minimum absolute atomic E-state index is 0.0135. The molecule has 4 rings (SSSR count). The fraction of sp³-hybridized carbons (Fsp3) is 0.240. The van der Waals surface area contributed by atoms with Crippen LogP contribution in [-0.2, 0) is 9.57 Å². The predicted octanol–water partition coefficient (Wildman–Crippen LogP) is 4.73. The van der Waals surface area contributed by atoms with Crippen molar-refractivity contribution in [1.29, 1.82) is 0 Å². The third-order valence-electron chi connectivity index (χ3n) is 5.63. The Morgan fingerprint density at radius 3 is 2.39 bits per heavy atom. The first-order valence-corrected chi connectivity index (χ1v) is 11.7. The van der Waals surface area contributed by atoms with Crippen LogP contribution < -0.4 is 10.9 Å². The van der Waals surface area contributed by atoms with Gasteiger partial charge in [-0.2, -0.15) is 0 Å². The zero-order valence-electron chi connectivity index (χ0n) is 19.1. The van der Waals surface area contributed by atoms with Crippen LogP contribution in [0.5, 0.6) is 0 Å². The molecular weight excluding hydrogens is 515 g/mol. The van der Waals surface area contributed by atoms with E-state index in [9.17, 15) is 18.4 Å². The van der Waals surface area contributed by atoms with Crippen LogP contribution in [0.2, 0.25) is 10.0 Å². The average Bonchev–Trinajstić information content (AvgIpc) is 2.86. The normalized spacial score (nSPS) is 14.5. The average molecular weight is 536 g/mol. The number of aromatic nitrogens is 1. The summed E-state index contributed by atoms with van der Waals surface area (Å²) in [7, 11) is 1.22. The van der Waals surface area contributed by atoms with E-state index in [0.29, 0.717) is 18.4 Å². The fourth-order valence-electron chi connectivity index (χ4n) is 3.80. The van der Waals surface area contributed by atoms with E-state index in [2.05, 4.69) is 10.5 Å². The third-order valence-corrected chi connectivity index (χ3v) is 6.21. The first-order chi connectivity index (χ1) is 17.3. The minimum atomic E-state index is -0.848. The van der Waals surface area contributed by atoms with Gasteiger partial charge in [-0.15, -0.1) is 0 Å². The van der Waals surface area contributed by atoms with Crippen LogP contribution in [0.15, 0.2) is 58.6 Å². The molecule has 2 aromatic carbocycles. The third kappa shape index (κ3) is 5.59. The number of oxime groups is 1. The molecule has 0 saturated carbocycles. The van der Waals surface area contributed by atoms with E-state index in [0.717, 1.165) is 29.8 Å². The zero-order valence-corrected chi connectivity index (χ0v) is 20.6. The lowest BCUT2D eigenvalue weighted by molar-refractivity contribution is 0.0378. The van der Waals surface area contributed by atoms with Gasteiger partial charge in [0, 0.05) is 29.5 Å². The maximum atomic E-state index is 14.8. The molecule has 0 atom stereocenters. The number of piperidine rings is 1. The first-order valence-electron chi connectivity index (χ1n) is 11.0. The number of nitrogens with one attached hydrogen (secondary N) is 1. The van der Waals surface area contributed by atoms with Gasteiger partial charge < -0.3 is 14.9 Å². The fourth-order valence-corrected chi connectivity index (χ4v) is 4.47. The summed E-state index contributed by atoms with van der Waals surface area (Å²) in [5.74, 6) is -2.24. The molecule has 7 nitrogen and oxygen atoms in total. The Morgan fingerprint density at radius 2 is 1.75 bits per heavy atom. The van der Waals surface area contributed by atoms with E-state index in [4.69, 9.17) is 32.8 Å². The molecule has 188 valence electrons. The molecule has 0 unspecified atom stereocenters.